The maximum Gasteiger partial charge on any atom is 0.267 e. The van der Waals surface area contributed by atoms with Gasteiger partial charge in [-0.05, 0) is 32.0 Å². The van der Waals surface area contributed by atoms with Gasteiger partial charge in [-0.1, -0.05) is 0 Å². The van der Waals surface area contributed by atoms with Crippen LogP contribution in [0, 0.1) is 11.6 Å². The van der Waals surface area contributed by atoms with Gasteiger partial charge in [-0.25, -0.2) is 23.4 Å². The third-order valence-electron chi connectivity index (χ3n) is 3.53. The molecule has 0 aliphatic rings. The van der Waals surface area contributed by atoms with Crippen LogP contribution in [0.2, 0.25) is 0 Å². The Morgan fingerprint density at radius 3 is 2.44 bits per heavy atom. The zero-order chi connectivity index (χ0) is 18.1. The minimum atomic E-state index is -0.738. The maximum atomic E-state index is 13.6. The lowest BCUT2D eigenvalue weighted by Gasteiger charge is -2.12. The minimum absolute atomic E-state index is 0.0411. The Morgan fingerprint density at radius 2 is 1.80 bits per heavy atom. The highest BCUT2D eigenvalue weighted by molar-refractivity contribution is 5.78. The van der Waals surface area contributed by atoms with Gasteiger partial charge < -0.3 is 5.73 Å². The number of hydrogen-bond acceptors (Lipinski definition) is 5. The van der Waals surface area contributed by atoms with E-state index < -0.39 is 11.6 Å². The predicted molar refractivity (Wildman–Crippen MR) is 89.7 cm³/mol. The molecule has 2 aromatic heterocycles. The summed E-state index contributed by atoms with van der Waals surface area (Å²) in [4.78, 5) is 19.9. The van der Waals surface area contributed by atoms with Crippen LogP contribution in [-0.2, 0) is 0 Å². The van der Waals surface area contributed by atoms with Gasteiger partial charge in [-0.15, -0.1) is 0 Å². The Morgan fingerprint density at radius 1 is 1.12 bits per heavy atom. The van der Waals surface area contributed by atoms with Crippen LogP contribution in [0.1, 0.15) is 19.9 Å². The topological polar surface area (TPSA) is 86.7 Å². The smallest absolute Gasteiger partial charge is 0.267 e. The number of nitrogens with zero attached hydrogens (tertiary/aromatic N) is 4. The van der Waals surface area contributed by atoms with Crippen LogP contribution in [0.3, 0.4) is 0 Å². The van der Waals surface area contributed by atoms with Gasteiger partial charge in [-0.3, -0.25) is 4.79 Å². The molecule has 6 nitrogen and oxygen atoms in total. The second-order valence-electron chi connectivity index (χ2n) is 5.74. The highest BCUT2D eigenvalue weighted by Crippen LogP contribution is 2.30. The van der Waals surface area contributed by atoms with Crippen LogP contribution in [0.25, 0.3) is 22.5 Å². The highest BCUT2D eigenvalue weighted by Gasteiger charge is 2.15. The highest BCUT2D eigenvalue weighted by atomic mass is 19.1. The van der Waals surface area contributed by atoms with Gasteiger partial charge in [0.1, 0.15) is 11.6 Å². The summed E-state index contributed by atoms with van der Waals surface area (Å²) < 4.78 is 28.5. The molecule has 0 fully saturated rings. The fourth-order valence-electron chi connectivity index (χ4n) is 2.43. The van der Waals surface area contributed by atoms with Gasteiger partial charge in [0.15, 0.2) is 0 Å². The summed E-state index contributed by atoms with van der Waals surface area (Å²) in [7, 11) is 0. The van der Waals surface area contributed by atoms with Crippen molar-refractivity contribution in [1.82, 2.24) is 19.7 Å². The maximum absolute atomic E-state index is 13.6. The Balaban J connectivity index is 2.25. The molecule has 0 aliphatic heterocycles. The Labute approximate surface area is 142 Å². The van der Waals surface area contributed by atoms with Gasteiger partial charge in [0.25, 0.3) is 5.56 Å². The Hall–Kier alpha value is -3.16. The molecule has 3 aromatic rings. The van der Waals surface area contributed by atoms with Gasteiger partial charge in [0, 0.05) is 29.5 Å². The molecule has 0 unspecified atom stereocenters. The third-order valence-corrected chi connectivity index (χ3v) is 3.53. The van der Waals surface area contributed by atoms with Crippen LogP contribution >= 0.6 is 0 Å². The first-order valence-electron chi connectivity index (χ1n) is 7.54. The standard InChI is InChI=1S/C17H15F2N5O/c1-9(2)24-15(25)4-3-14(23-24)13-8-21-17(20)22-16(13)10-5-11(18)7-12(19)6-10/h3-9H,1-2H3,(H2,20,21,22). The SMILES string of the molecule is CC(C)n1nc(-c2cnc(N)nc2-c2cc(F)cc(F)c2)ccc1=O. The van der Waals surface area contributed by atoms with Crippen molar-refractivity contribution in [3.8, 4) is 22.5 Å². The van der Waals surface area contributed by atoms with E-state index in [2.05, 4.69) is 15.1 Å². The van der Waals surface area contributed by atoms with Gasteiger partial charge in [-0.2, -0.15) is 5.10 Å². The monoisotopic (exact) mass is 343 g/mol. The van der Waals surface area contributed by atoms with Crippen molar-refractivity contribution in [1.29, 1.82) is 0 Å². The van der Waals surface area contributed by atoms with E-state index in [-0.39, 0.29) is 28.8 Å². The van der Waals surface area contributed by atoms with Crippen LogP contribution in [0.15, 0.2) is 41.3 Å². The van der Waals surface area contributed by atoms with Gasteiger partial charge in [0.05, 0.1) is 17.4 Å². The molecule has 0 amide bonds. The van der Waals surface area contributed by atoms with Crippen molar-refractivity contribution in [3.63, 3.8) is 0 Å². The second-order valence-corrected chi connectivity index (χ2v) is 5.74. The van der Waals surface area contributed by atoms with Crippen LogP contribution in [-0.4, -0.2) is 19.7 Å². The molecule has 128 valence electrons. The lowest BCUT2D eigenvalue weighted by atomic mass is 10.0. The van der Waals surface area contributed by atoms with E-state index in [9.17, 15) is 13.6 Å². The van der Waals surface area contributed by atoms with Crippen LogP contribution < -0.4 is 11.3 Å². The molecule has 0 saturated carbocycles. The molecular formula is C17H15F2N5O. The number of hydrogen-bond donors (Lipinski definition) is 1. The third kappa shape index (κ3) is 3.37. The first-order chi connectivity index (χ1) is 11.8. The fraction of sp³-hybridized carbons (Fsp3) is 0.176. The second kappa shape index (κ2) is 6.39. The van der Waals surface area contributed by atoms with E-state index in [1.54, 1.807) is 0 Å². The number of nitrogen functional groups attached to an aromatic ring is 1. The zero-order valence-electron chi connectivity index (χ0n) is 13.6. The largest absolute Gasteiger partial charge is 0.368 e. The van der Waals surface area contributed by atoms with Crippen molar-refractivity contribution in [3.05, 3.63) is 58.5 Å². The zero-order valence-corrected chi connectivity index (χ0v) is 13.6. The van der Waals surface area contributed by atoms with Gasteiger partial charge >= 0.3 is 0 Å². The van der Waals surface area contributed by atoms with E-state index in [0.29, 0.717) is 11.3 Å². The molecule has 1 aromatic carbocycles. The lowest BCUT2D eigenvalue weighted by Crippen LogP contribution is -2.24. The van der Waals surface area contributed by atoms with E-state index in [1.807, 2.05) is 13.8 Å². The summed E-state index contributed by atoms with van der Waals surface area (Å²) in [6.07, 6.45) is 1.41. The molecule has 0 radical (unpaired) electrons. The average molecular weight is 343 g/mol. The summed E-state index contributed by atoms with van der Waals surface area (Å²) >= 11 is 0. The van der Waals surface area contributed by atoms with Gasteiger partial charge in [0.2, 0.25) is 5.95 Å². The summed E-state index contributed by atoms with van der Waals surface area (Å²) in [5, 5.41) is 4.30. The fourth-order valence-corrected chi connectivity index (χ4v) is 2.43. The van der Waals surface area contributed by atoms with Crippen molar-refractivity contribution in [2.45, 2.75) is 19.9 Å². The number of nitrogens with two attached hydrogens (primary N) is 1. The molecule has 0 saturated heterocycles. The lowest BCUT2D eigenvalue weighted by molar-refractivity contribution is 0.505. The molecule has 0 spiro atoms. The molecule has 0 atom stereocenters. The number of halogens is 2. The molecule has 0 bridgehead atoms. The molecule has 25 heavy (non-hydrogen) atoms. The molecule has 2 heterocycles. The number of anilines is 1. The van der Waals surface area contributed by atoms with E-state index >= 15 is 0 Å². The van der Waals surface area contributed by atoms with E-state index in [1.165, 1.54) is 23.0 Å². The molecule has 3 rings (SSSR count). The summed E-state index contributed by atoms with van der Waals surface area (Å²) in [5.74, 6) is -1.52. The minimum Gasteiger partial charge on any atom is -0.368 e. The first kappa shape index (κ1) is 16.7. The van der Waals surface area contributed by atoms with Crippen LogP contribution in [0.4, 0.5) is 14.7 Å². The van der Waals surface area contributed by atoms with Crippen LogP contribution in [0.5, 0.6) is 0 Å². The summed E-state index contributed by atoms with van der Waals surface area (Å²) in [5.41, 5.74) is 6.62. The number of benzene rings is 1. The number of aromatic nitrogens is 4. The quantitative estimate of drug-likeness (QED) is 0.790. The van der Waals surface area contributed by atoms with Crippen molar-refractivity contribution in [2.24, 2.45) is 0 Å². The first-order valence-corrected chi connectivity index (χ1v) is 7.54. The molecule has 8 heteroatoms. The van der Waals surface area contributed by atoms with E-state index in [0.717, 1.165) is 18.2 Å². The van der Waals surface area contributed by atoms with E-state index in [4.69, 9.17) is 5.73 Å². The molecular weight excluding hydrogens is 328 g/mol. The normalized spacial score (nSPS) is 11.1. The van der Waals surface area contributed by atoms with Crippen molar-refractivity contribution in [2.75, 3.05) is 5.73 Å². The Kier molecular flexibility index (Phi) is 4.26. The Bertz CT molecular complexity index is 980. The van der Waals surface area contributed by atoms with Crippen molar-refractivity contribution < 1.29 is 8.78 Å². The molecule has 2 N–H and O–H groups in total. The molecule has 0 aliphatic carbocycles. The number of rotatable bonds is 3. The average Bonchev–Trinajstić information content (AvgIpc) is 2.54. The summed E-state index contributed by atoms with van der Waals surface area (Å²) in [6.45, 7) is 3.64. The predicted octanol–water partition coefficient (Wildman–Crippen LogP) is 2.81. The van der Waals surface area contributed by atoms with Crippen molar-refractivity contribution >= 4 is 5.95 Å². The summed E-state index contributed by atoms with van der Waals surface area (Å²) in [6, 6.07) is 5.78.